The summed E-state index contributed by atoms with van der Waals surface area (Å²) in [4.78, 5) is 0. The zero-order valence-corrected chi connectivity index (χ0v) is 18.5. The molecule has 0 aromatic carbocycles. The van der Waals surface area contributed by atoms with Crippen LogP contribution in [0.4, 0.5) is 0 Å². The van der Waals surface area contributed by atoms with Gasteiger partial charge in [-0.3, -0.25) is 0 Å². The van der Waals surface area contributed by atoms with Crippen molar-refractivity contribution in [3.05, 3.63) is 17.9 Å². The minimum atomic E-state index is 1.23. The lowest BCUT2D eigenvalue weighted by Gasteiger charge is -2.01. The molecule has 0 spiro atoms. The zero-order chi connectivity index (χ0) is 19.0. The molecule has 0 bridgehead atoms. The highest BCUT2D eigenvalue weighted by molar-refractivity contribution is 4.84. The third kappa shape index (κ3) is 23.5. The Hall–Kier alpha value is -0.480. The second kappa shape index (κ2) is 24.5. The lowest BCUT2D eigenvalue weighted by Crippen LogP contribution is -1.81. The molecule has 0 nitrogen and oxygen atoms in total. The second-order valence-electron chi connectivity index (χ2n) is 8.16. The summed E-state index contributed by atoms with van der Waals surface area (Å²) in [6.07, 6.45) is 34.0. The predicted octanol–water partition coefficient (Wildman–Crippen LogP) is 9.93. The highest BCUT2D eigenvalue weighted by atomic mass is 14.0. The van der Waals surface area contributed by atoms with Crippen LogP contribution in [-0.2, 0) is 0 Å². The van der Waals surface area contributed by atoms with Gasteiger partial charge >= 0.3 is 0 Å². The smallest absolute Gasteiger partial charge is 0.0274 e. The summed E-state index contributed by atoms with van der Waals surface area (Å²) in [5.74, 6) is 0. The summed E-state index contributed by atoms with van der Waals surface area (Å²) < 4.78 is 0. The van der Waals surface area contributed by atoms with E-state index in [0.29, 0.717) is 0 Å². The summed E-state index contributed by atoms with van der Waals surface area (Å²) in [7, 11) is 0. The average Bonchev–Trinajstić information content (AvgIpc) is 2.66. The summed E-state index contributed by atoms with van der Waals surface area (Å²) in [5.41, 5.74) is 3.39. The molecule has 0 N–H and O–H groups in total. The van der Waals surface area contributed by atoms with Gasteiger partial charge in [0.2, 0.25) is 0 Å². The van der Waals surface area contributed by atoms with Gasteiger partial charge in [0.1, 0.15) is 0 Å². The lowest BCUT2D eigenvalue weighted by molar-refractivity contribution is 0.550. The maximum Gasteiger partial charge on any atom is -0.0274 e. The van der Waals surface area contributed by atoms with E-state index in [-0.39, 0.29) is 0 Å². The molecular weight excluding hydrogens is 312 g/mol. The molecule has 0 saturated carbocycles. The molecule has 0 aromatic heterocycles. The van der Waals surface area contributed by atoms with Crippen molar-refractivity contribution in [2.75, 3.05) is 0 Å². The first-order valence-corrected chi connectivity index (χ1v) is 12.3. The Morgan fingerprint density at radius 3 is 0.962 bits per heavy atom. The molecule has 0 rings (SSSR count). The van der Waals surface area contributed by atoms with Crippen LogP contribution in [0, 0.1) is 0 Å². The zero-order valence-electron chi connectivity index (χ0n) is 18.5. The normalized spacial score (nSPS) is 10.7. The predicted molar refractivity (Wildman–Crippen MR) is 121 cm³/mol. The molecule has 26 heavy (non-hydrogen) atoms. The van der Waals surface area contributed by atoms with E-state index in [9.17, 15) is 0 Å². The first-order chi connectivity index (χ1) is 12.9. The van der Waals surface area contributed by atoms with Gasteiger partial charge in [0, 0.05) is 0 Å². The molecule has 0 aliphatic rings. The maximum atomic E-state index is 3.39. The molecule has 0 atom stereocenters. The number of unbranched alkanes of at least 4 members (excludes halogenated alkanes) is 19. The van der Waals surface area contributed by atoms with Crippen LogP contribution < -0.4 is 0 Å². The molecule has 0 amide bonds. The van der Waals surface area contributed by atoms with Crippen LogP contribution in [0.25, 0.3) is 0 Å². The lowest BCUT2D eigenvalue weighted by atomic mass is 10.1. The first kappa shape index (κ1) is 25.5. The van der Waals surface area contributed by atoms with Gasteiger partial charge in [-0.15, -0.1) is 5.73 Å². The van der Waals surface area contributed by atoms with Gasteiger partial charge in [0.05, 0.1) is 0 Å². The van der Waals surface area contributed by atoms with Gasteiger partial charge < -0.3 is 0 Å². The monoisotopic (exact) mass is 362 g/mol. The second-order valence-corrected chi connectivity index (χ2v) is 8.16. The summed E-state index contributed by atoms with van der Waals surface area (Å²) in [5, 5.41) is 0. The van der Waals surface area contributed by atoms with Crippen molar-refractivity contribution in [2.45, 2.75) is 149 Å². The fourth-order valence-electron chi connectivity index (χ4n) is 3.54. The Bertz CT molecular complexity index is 295. The van der Waals surface area contributed by atoms with E-state index in [1.54, 1.807) is 0 Å². The number of rotatable bonds is 21. The quantitative estimate of drug-likeness (QED) is 0.141. The van der Waals surface area contributed by atoms with Crippen LogP contribution in [0.5, 0.6) is 0 Å². The molecule has 0 aliphatic carbocycles. The molecule has 0 saturated heterocycles. The molecule has 0 heteroatoms. The first-order valence-electron chi connectivity index (χ1n) is 12.3. The van der Waals surface area contributed by atoms with E-state index in [2.05, 4.69) is 31.7 Å². The van der Waals surface area contributed by atoms with Gasteiger partial charge in [-0.25, -0.2) is 0 Å². The van der Waals surface area contributed by atoms with Crippen molar-refractivity contribution in [1.82, 2.24) is 0 Å². The molecule has 0 aromatic rings. The van der Waals surface area contributed by atoms with E-state index in [1.807, 2.05) is 0 Å². The molecule has 0 aliphatic heterocycles. The topological polar surface area (TPSA) is 0 Å². The van der Waals surface area contributed by atoms with Crippen LogP contribution in [0.1, 0.15) is 149 Å². The van der Waals surface area contributed by atoms with Gasteiger partial charge in [-0.05, 0) is 37.8 Å². The highest BCUT2D eigenvalue weighted by Crippen LogP contribution is 2.12. The van der Waals surface area contributed by atoms with E-state index in [4.69, 9.17) is 0 Å². The average molecular weight is 363 g/mol. The molecule has 0 radical (unpaired) electrons. The van der Waals surface area contributed by atoms with Gasteiger partial charge in [0.25, 0.3) is 0 Å². The van der Waals surface area contributed by atoms with Gasteiger partial charge in [-0.2, -0.15) is 0 Å². The van der Waals surface area contributed by atoms with Crippen molar-refractivity contribution in [2.24, 2.45) is 0 Å². The largest absolute Gasteiger partial charge is 0.130 e. The van der Waals surface area contributed by atoms with Gasteiger partial charge in [-0.1, -0.05) is 123 Å². The van der Waals surface area contributed by atoms with Crippen LogP contribution in [0.15, 0.2) is 17.9 Å². The fraction of sp³-hybridized carbons (Fsp3) is 0.885. The van der Waals surface area contributed by atoms with E-state index in [0.717, 1.165) is 0 Å². The highest BCUT2D eigenvalue weighted by Gasteiger charge is 1.92. The van der Waals surface area contributed by atoms with Crippen LogP contribution in [-0.4, -0.2) is 0 Å². The SMILES string of the molecule is CCCCCCCCCCC=C=CCCCCCCCCCCCCC. The van der Waals surface area contributed by atoms with Crippen molar-refractivity contribution in [1.29, 1.82) is 0 Å². The Labute approximate surface area is 166 Å². The Morgan fingerprint density at radius 2 is 0.654 bits per heavy atom. The number of hydrogen-bond donors (Lipinski definition) is 0. The Kier molecular flexibility index (Phi) is 24.1. The molecule has 0 fully saturated rings. The molecule has 154 valence electrons. The van der Waals surface area contributed by atoms with Crippen molar-refractivity contribution < 1.29 is 0 Å². The third-order valence-corrected chi connectivity index (χ3v) is 5.39. The summed E-state index contributed by atoms with van der Waals surface area (Å²) in [6.45, 7) is 4.58. The summed E-state index contributed by atoms with van der Waals surface area (Å²) in [6, 6.07) is 0. The standard InChI is InChI=1S/C26H50/c1-3-5-7-9-11-13-15-17-19-21-23-25-26-24-22-20-18-16-14-12-10-8-6-4-2/h21,25H,3-20,22,24,26H2,1-2H3. The van der Waals surface area contributed by atoms with Crippen LogP contribution in [0.3, 0.4) is 0 Å². The van der Waals surface area contributed by atoms with Crippen molar-refractivity contribution in [3.63, 3.8) is 0 Å². The minimum absolute atomic E-state index is 1.23. The molecule has 0 heterocycles. The Morgan fingerprint density at radius 1 is 0.385 bits per heavy atom. The Balaban J connectivity index is 3.14. The van der Waals surface area contributed by atoms with E-state index < -0.39 is 0 Å². The maximum absolute atomic E-state index is 3.39. The number of hydrogen-bond acceptors (Lipinski definition) is 0. The molecule has 0 unspecified atom stereocenters. The van der Waals surface area contributed by atoms with Crippen molar-refractivity contribution in [3.8, 4) is 0 Å². The van der Waals surface area contributed by atoms with Gasteiger partial charge in [0.15, 0.2) is 0 Å². The van der Waals surface area contributed by atoms with Crippen LogP contribution in [0.2, 0.25) is 0 Å². The van der Waals surface area contributed by atoms with Crippen LogP contribution >= 0.6 is 0 Å². The van der Waals surface area contributed by atoms with E-state index >= 15 is 0 Å². The minimum Gasteiger partial charge on any atom is -0.130 e. The number of allylic oxidation sites excluding steroid dienone is 1. The van der Waals surface area contributed by atoms with E-state index in [1.165, 1.54) is 135 Å². The fourth-order valence-corrected chi connectivity index (χ4v) is 3.54. The summed E-state index contributed by atoms with van der Waals surface area (Å²) >= 11 is 0. The molecular formula is C26H50. The third-order valence-electron chi connectivity index (χ3n) is 5.39. The van der Waals surface area contributed by atoms with Crippen molar-refractivity contribution >= 4 is 0 Å².